The van der Waals surface area contributed by atoms with Crippen molar-refractivity contribution in [3.63, 3.8) is 0 Å². The fourth-order valence-electron chi connectivity index (χ4n) is 1.09. The average molecular weight is 233 g/mol. The van der Waals surface area contributed by atoms with E-state index in [2.05, 4.69) is 10.3 Å². The van der Waals surface area contributed by atoms with Gasteiger partial charge in [-0.05, 0) is 20.3 Å². The highest BCUT2D eigenvalue weighted by Crippen LogP contribution is 2.16. The maximum atomic E-state index is 11.6. The Kier molecular flexibility index (Phi) is 4.35. The smallest absolute Gasteiger partial charge is 0.263 e. The first-order chi connectivity index (χ1) is 6.65. The van der Waals surface area contributed by atoms with E-state index in [-0.39, 0.29) is 5.91 Å². The summed E-state index contributed by atoms with van der Waals surface area (Å²) in [7, 11) is 0. The van der Waals surface area contributed by atoms with Crippen molar-refractivity contribution in [2.24, 2.45) is 0 Å². The van der Waals surface area contributed by atoms with Gasteiger partial charge in [-0.1, -0.05) is 0 Å². The van der Waals surface area contributed by atoms with E-state index in [4.69, 9.17) is 11.6 Å². The molecule has 1 heterocycles. The summed E-state index contributed by atoms with van der Waals surface area (Å²) in [6, 6.07) is 0. The lowest BCUT2D eigenvalue weighted by molar-refractivity contribution is 0.0957. The quantitative estimate of drug-likeness (QED) is 0.638. The average Bonchev–Trinajstić information content (AvgIpc) is 2.45. The first-order valence-corrected chi connectivity index (χ1v) is 5.78. The van der Waals surface area contributed by atoms with E-state index in [1.807, 2.05) is 13.8 Å². The summed E-state index contributed by atoms with van der Waals surface area (Å²) in [6.07, 6.45) is 0.796. The number of aromatic nitrogens is 1. The van der Waals surface area contributed by atoms with Crippen molar-refractivity contribution in [2.45, 2.75) is 20.3 Å². The molecule has 0 bridgehead atoms. The Bertz CT molecular complexity index is 325. The minimum atomic E-state index is -0.0433. The molecule has 1 aromatic rings. The van der Waals surface area contributed by atoms with Crippen LogP contribution < -0.4 is 5.32 Å². The zero-order chi connectivity index (χ0) is 10.6. The fourth-order valence-corrected chi connectivity index (χ4v) is 2.06. The Labute approximate surface area is 92.5 Å². The van der Waals surface area contributed by atoms with Crippen molar-refractivity contribution in [2.75, 3.05) is 12.4 Å². The molecule has 0 aromatic carbocycles. The van der Waals surface area contributed by atoms with Gasteiger partial charge in [-0.2, -0.15) is 0 Å². The second-order valence-electron chi connectivity index (χ2n) is 2.95. The van der Waals surface area contributed by atoms with E-state index in [1.54, 1.807) is 0 Å². The van der Waals surface area contributed by atoms with Crippen LogP contribution >= 0.6 is 22.9 Å². The van der Waals surface area contributed by atoms with Crippen LogP contribution in [0.15, 0.2) is 0 Å². The van der Waals surface area contributed by atoms with E-state index >= 15 is 0 Å². The molecule has 1 rings (SSSR count). The Morgan fingerprint density at radius 3 is 2.79 bits per heavy atom. The van der Waals surface area contributed by atoms with Gasteiger partial charge in [0.15, 0.2) is 0 Å². The molecule has 0 unspecified atom stereocenters. The molecule has 0 radical (unpaired) electrons. The van der Waals surface area contributed by atoms with E-state index in [1.165, 1.54) is 11.3 Å². The summed E-state index contributed by atoms with van der Waals surface area (Å²) >= 11 is 6.93. The summed E-state index contributed by atoms with van der Waals surface area (Å²) in [5.41, 5.74) is 0.802. The number of halogens is 1. The number of carbonyl (C=O) groups is 1. The number of alkyl halides is 1. The van der Waals surface area contributed by atoms with Crippen LogP contribution in [0.2, 0.25) is 0 Å². The number of rotatable bonds is 4. The Balaban J connectivity index is 2.56. The molecule has 1 aromatic heterocycles. The Hall–Kier alpha value is -0.610. The van der Waals surface area contributed by atoms with E-state index in [0.29, 0.717) is 17.3 Å². The molecule has 0 fully saturated rings. The van der Waals surface area contributed by atoms with Gasteiger partial charge in [0.05, 0.1) is 10.7 Å². The van der Waals surface area contributed by atoms with Gasteiger partial charge in [0.2, 0.25) is 0 Å². The third-order valence-electron chi connectivity index (χ3n) is 1.71. The second kappa shape index (κ2) is 5.32. The topological polar surface area (TPSA) is 42.0 Å². The normalized spacial score (nSPS) is 10.2. The number of hydrogen-bond donors (Lipinski definition) is 1. The van der Waals surface area contributed by atoms with Crippen LogP contribution in [-0.4, -0.2) is 23.3 Å². The predicted molar refractivity (Wildman–Crippen MR) is 59.3 cm³/mol. The number of aryl methyl sites for hydroxylation is 2. The van der Waals surface area contributed by atoms with Gasteiger partial charge in [0.1, 0.15) is 4.88 Å². The van der Waals surface area contributed by atoms with E-state index in [0.717, 1.165) is 17.1 Å². The van der Waals surface area contributed by atoms with Gasteiger partial charge in [-0.3, -0.25) is 4.79 Å². The van der Waals surface area contributed by atoms with Gasteiger partial charge in [-0.15, -0.1) is 22.9 Å². The van der Waals surface area contributed by atoms with E-state index < -0.39 is 0 Å². The molecular weight excluding hydrogens is 220 g/mol. The van der Waals surface area contributed by atoms with Gasteiger partial charge < -0.3 is 5.32 Å². The Morgan fingerprint density at radius 1 is 1.57 bits per heavy atom. The molecule has 0 aliphatic carbocycles. The molecule has 78 valence electrons. The number of nitrogens with one attached hydrogen (secondary N) is 1. The molecule has 5 heteroatoms. The number of carbonyl (C=O) groups excluding carboxylic acids is 1. The van der Waals surface area contributed by atoms with Crippen LogP contribution in [0.5, 0.6) is 0 Å². The van der Waals surface area contributed by atoms with Crippen molar-refractivity contribution >= 4 is 28.8 Å². The molecular formula is C9H13ClN2OS. The highest BCUT2D eigenvalue weighted by molar-refractivity contribution is 7.13. The van der Waals surface area contributed by atoms with Crippen LogP contribution in [0.3, 0.4) is 0 Å². The first-order valence-electron chi connectivity index (χ1n) is 4.43. The van der Waals surface area contributed by atoms with Crippen molar-refractivity contribution in [3.8, 4) is 0 Å². The monoisotopic (exact) mass is 232 g/mol. The Morgan fingerprint density at radius 2 is 2.29 bits per heavy atom. The third kappa shape index (κ3) is 2.96. The first kappa shape index (κ1) is 11.5. The molecule has 0 saturated carbocycles. The van der Waals surface area contributed by atoms with Gasteiger partial charge in [0.25, 0.3) is 5.91 Å². The van der Waals surface area contributed by atoms with Crippen LogP contribution in [-0.2, 0) is 0 Å². The van der Waals surface area contributed by atoms with Crippen molar-refractivity contribution in [1.29, 1.82) is 0 Å². The lowest BCUT2D eigenvalue weighted by Gasteiger charge is -2.01. The number of amides is 1. The second-order valence-corrected chi connectivity index (χ2v) is 4.53. The summed E-state index contributed by atoms with van der Waals surface area (Å²) < 4.78 is 0. The molecule has 0 spiro atoms. The minimum absolute atomic E-state index is 0.0433. The summed E-state index contributed by atoms with van der Waals surface area (Å²) in [5, 5.41) is 3.72. The lowest BCUT2D eigenvalue weighted by Crippen LogP contribution is -2.24. The van der Waals surface area contributed by atoms with Crippen LogP contribution in [0, 0.1) is 13.8 Å². The molecule has 0 aliphatic heterocycles. The largest absolute Gasteiger partial charge is 0.351 e. The highest BCUT2D eigenvalue weighted by atomic mass is 35.5. The molecule has 0 aliphatic rings. The number of nitrogens with zero attached hydrogens (tertiary/aromatic N) is 1. The van der Waals surface area contributed by atoms with Crippen molar-refractivity contribution < 1.29 is 4.79 Å². The molecule has 0 saturated heterocycles. The highest BCUT2D eigenvalue weighted by Gasteiger charge is 2.12. The fraction of sp³-hybridized carbons (Fsp3) is 0.556. The van der Waals surface area contributed by atoms with Crippen molar-refractivity contribution in [1.82, 2.24) is 10.3 Å². The summed E-state index contributed by atoms with van der Waals surface area (Å²) in [6.45, 7) is 4.37. The van der Waals surface area contributed by atoms with Crippen molar-refractivity contribution in [3.05, 3.63) is 15.6 Å². The molecule has 1 amide bonds. The van der Waals surface area contributed by atoms with Gasteiger partial charge >= 0.3 is 0 Å². The number of hydrogen-bond acceptors (Lipinski definition) is 3. The van der Waals surface area contributed by atoms with Gasteiger partial charge in [0, 0.05) is 12.4 Å². The van der Waals surface area contributed by atoms with Crippen LogP contribution in [0.1, 0.15) is 26.8 Å². The zero-order valence-electron chi connectivity index (χ0n) is 8.26. The lowest BCUT2D eigenvalue weighted by atomic mass is 10.3. The molecule has 1 N–H and O–H groups in total. The SMILES string of the molecule is Cc1nc(C)c(C(=O)NCCCCl)s1. The summed E-state index contributed by atoms with van der Waals surface area (Å²) in [5.74, 6) is 0.527. The molecule has 0 atom stereocenters. The standard InChI is InChI=1S/C9H13ClN2OS/c1-6-8(14-7(2)12-6)9(13)11-5-3-4-10/h3-5H2,1-2H3,(H,11,13). The zero-order valence-corrected chi connectivity index (χ0v) is 9.84. The minimum Gasteiger partial charge on any atom is -0.351 e. The maximum absolute atomic E-state index is 11.6. The summed E-state index contributed by atoms with van der Waals surface area (Å²) in [4.78, 5) is 16.5. The molecule has 3 nitrogen and oxygen atoms in total. The van der Waals surface area contributed by atoms with Crippen LogP contribution in [0.4, 0.5) is 0 Å². The van der Waals surface area contributed by atoms with Gasteiger partial charge in [-0.25, -0.2) is 4.98 Å². The maximum Gasteiger partial charge on any atom is 0.263 e. The third-order valence-corrected chi connectivity index (χ3v) is 3.04. The molecule has 14 heavy (non-hydrogen) atoms. The number of thiazole rings is 1. The predicted octanol–water partition coefficient (Wildman–Crippen LogP) is 2.12. The van der Waals surface area contributed by atoms with E-state index in [9.17, 15) is 4.79 Å². The van der Waals surface area contributed by atoms with Crippen LogP contribution in [0.25, 0.3) is 0 Å².